The number of nitrogens with one attached hydrogen (secondary N) is 1. The number of sulfonamides is 1. The monoisotopic (exact) mass is 352 g/mol. The number of hydrogen-bond acceptors (Lipinski definition) is 6. The summed E-state index contributed by atoms with van der Waals surface area (Å²) in [7, 11) is -5.29. The van der Waals surface area contributed by atoms with Crippen molar-refractivity contribution in [2.45, 2.75) is 11.5 Å². The molecular formula is C13H10BFN2O6S. The van der Waals surface area contributed by atoms with Gasteiger partial charge < -0.3 is 9.68 Å². The molecule has 0 bridgehead atoms. The summed E-state index contributed by atoms with van der Waals surface area (Å²) >= 11 is 0. The molecule has 0 unspecified atom stereocenters. The van der Waals surface area contributed by atoms with Gasteiger partial charge in [0.1, 0.15) is 0 Å². The summed E-state index contributed by atoms with van der Waals surface area (Å²) in [4.78, 5) is 9.18. The first-order valence-electron chi connectivity index (χ1n) is 6.67. The van der Waals surface area contributed by atoms with Crippen molar-refractivity contribution in [1.29, 1.82) is 0 Å². The molecule has 11 heteroatoms. The van der Waals surface area contributed by atoms with E-state index < -0.39 is 38.5 Å². The SMILES string of the molecule is O=[N+]([O-])c1ccc(S(=O)(=O)Nc2ccc3c(c2)B(O)OC3)cc1F. The van der Waals surface area contributed by atoms with Crippen molar-refractivity contribution in [2.24, 2.45) is 0 Å². The fourth-order valence-corrected chi connectivity index (χ4v) is 3.36. The number of anilines is 1. The summed E-state index contributed by atoms with van der Waals surface area (Å²) in [5.74, 6) is -1.25. The van der Waals surface area contributed by atoms with Crippen molar-refractivity contribution in [1.82, 2.24) is 0 Å². The number of fused-ring (bicyclic) bond motifs is 1. The fraction of sp³-hybridized carbons (Fsp3) is 0.0769. The van der Waals surface area contributed by atoms with E-state index in [1.54, 1.807) is 6.07 Å². The predicted octanol–water partition coefficient (Wildman–Crippen LogP) is 0.752. The molecule has 2 aromatic rings. The summed E-state index contributed by atoms with van der Waals surface area (Å²) in [6.45, 7) is 0.219. The van der Waals surface area contributed by atoms with E-state index in [4.69, 9.17) is 4.65 Å². The summed E-state index contributed by atoms with van der Waals surface area (Å²) in [6.07, 6.45) is 0. The number of hydrogen-bond donors (Lipinski definition) is 2. The van der Waals surface area contributed by atoms with Crippen LogP contribution in [0.1, 0.15) is 5.56 Å². The van der Waals surface area contributed by atoms with Crippen LogP contribution in [0.25, 0.3) is 0 Å². The van der Waals surface area contributed by atoms with Crippen molar-refractivity contribution < 1.29 is 27.4 Å². The molecule has 0 radical (unpaired) electrons. The number of nitrogens with zero attached hydrogens (tertiary/aromatic N) is 1. The second-order valence-corrected chi connectivity index (χ2v) is 6.74. The minimum atomic E-state index is -4.15. The van der Waals surface area contributed by atoms with Crippen LogP contribution in [0.3, 0.4) is 0 Å². The average molecular weight is 352 g/mol. The molecule has 124 valence electrons. The van der Waals surface area contributed by atoms with Crippen molar-refractivity contribution in [3.8, 4) is 0 Å². The van der Waals surface area contributed by atoms with Crippen LogP contribution in [0.15, 0.2) is 41.3 Å². The molecule has 0 saturated heterocycles. The van der Waals surface area contributed by atoms with E-state index in [1.165, 1.54) is 12.1 Å². The fourth-order valence-electron chi connectivity index (χ4n) is 2.30. The highest BCUT2D eigenvalue weighted by atomic mass is 32.2. The van der Waals surface area contributed by atoms with E-state index in [1.807, 2.05) is 0 Å². The molecule has 0 spiro atoms. The second-order valence-electron chi connectivity index (χ2n) is 5.05. The normalized spacial score (nSPS) is 13.7. The van der Waals surface area contributed by atoms with Gasteiger partial charge in [0.15, 0.2) is 0 Å². The van der Waals surface area contributed by atoms with Gasteiger partial charge in [-0.15, -0.1) is 0 Å². The summed E-state index contributed by atoms with van der Waals surface area (Å²) in [6, 6.07) is 6.77. The molecule has 1 heterocycles. The van der Waals surface area contributed by atoms with Gasteiger partial charge in [0, 0.05) is 17.8 Å². The predicted molar refractivity (Wildman–Crippen MR) is 82.7 cm³/mol. The van der Waals surface area contributed by atoms with Crippen LogP contribution in [0, 0.1) is 15.9 Å². The van der Waals surface area contributed by atoms with Gasteiger partial charge in [0.2, 0.25) is 5.82 Å². The van der Waals surface area contributed by atoms with Gasteiger partial charge in [-0.1, -0.05) is 6.07 Å². The van der Waals surface area contributed by atoms with Crippen LogP contribution >= 0.6 is 0 Å². The van der Waals surface area contributed by atoms with Crippen LogP contribution in [-0.4, -0.2) is 25.5 Å². The first-order valence-corrected chi connectivity index (χ1v) is 8.15. The molecule has 0 amide bonds. The zero-order chi connectivity index (χ0) is 17.5. The highest BCUT2D eigenvalue weighted by Gasteiger charge is 2.28. The minimum absolute atomic E-state index is 0.150. The van der Waals surface area contributed by atoms with Gasteiger partial charge in [0.05, 0.1) is 16.4 Å². The van der Waals surface area contributed by atoms with Crippen LogP contribution in [0.5, 0.6) is 0 Å². The topological polar surface area (TPSA) is 119 Å². The van der Waals surface area contributed by atoms with Crippen LogP contribution in [-0.2, 0) is 21.3 Å². The Hall–Kier alpha value is -2.50. The maximum Gasteiger partial charge on any atom is 0.491 e. The Morgan fingerprint density at radius 3 is 2.71 bits per heavy atom. The first kappa shape index (κ1) is 16.4. The van der Waals surface area contributed by atoms with E-state index >= 15 is 0 Å². The van der Waals surface area contributed by atoms with Gasteiger partial charge in [0.25, 0.3) is 10.0 Å². The summed E-state index contributed by atoms with van der Waals surface area (Å²) in [5.41, 5.74) is 0.501. The molecule has 1 aliphatic rings. The Morgan fingerprint density at radius 1 is 1.29 bits per heavy atom. The average Bonchev–Trinajstić information content (AvgIpc) is 2.87. The molecule has 1 aliphatic heterocycles. The van der Waals surface area contributed by atoms with Crippen LogP contribution in [0.4, 0.5) is 15.8 Å². The van der Waals surface area contributed by atoms with E-state index in [0.29, 0.717) is 11.5 Å². The molecule has 8 nitrogen and oxygen atoms in total. The third kappa shape index (κ3) is 2.96. The second kappa shape index (κ2) is 5.85. The largest absolute Gasteiger partial charge is 0.491 e. The first-order chi connectivity index (χ1) is 11.3. The van der Waals surface area contributed by atoms with E-state index in [2.05, 4.69) is 4.72 Å². The van der Waals surface area contributed by atoms with E-state index in [0.717, 1.165) is 17.7 Å². The molecule has 2 N–H and O–H groups in total. The van der Waals surface area contributed by atoms with Crippen molar-refractivity contribution in [3.05, 3.63) is 57.9 Å². The molecule has 0 atom stereocenters. The zero-order valence-corrected chi connectivity index (χ0v) is 12.8. The molecular weight excluding hydrogens is 342 g/mol. The van der Waals surface area contributed by atoms with Crippen LogP contribution < -0.4 is 10.2 Å². The lowest BCUT2D eigenvalue weighted by molar-refractivity contribution is -0.387. The van der Waals surface area contributed by atoms with Gasteiger partial charge in [-0.25, -0.2) is 8.42 Å². The number of nitro benzene ring substituents is 1. The van der Waals surface area contributed by atoms with Crippen molar-refractivity contribution >= 4 is 34.0 Å². The Morgan fingerprint density at radius 2 is 2.04 bits per heavy atom. The maximum absolute atomic E-state index is 13.6. The van der Waals surface area contributed by atoms with Crippen molar-refractivity contribution in [3.63, 3.8) is 0 Å². The standard InChI is InChI=1S/C13H10BFN2O6S/c15-12-6-10(3-4-13(12)17(19)20)24(21,22)16-9-2-1-8-7-23-14(18)11(8)5-9/h1-6,16,18H,7H2. The third-order valence-electron chi connectivity index (χ3n) is 3.49. The van der Waals surface area contributed by atoms with Gasteiger partial charge in [-0.3, -0.25) is 14.8 Å². The van der Waals surface area contributed by atoms with E-state index in [9.17, 15) is 27.9 Å². The number of benzene rings is 2. The third-order valence-corrected chi connectivity index (χ3v) is 4.87. The molecule has 0 saturated carbocycles. The number of halogens is 1. The lowest BCUT2D eigenvalue weighted by Crippen LogP contribution is -2.28. The summed E-state index contributed by atoms with van der Waals surface area (Å²) in [5, 5.41) is 20.2. The quantitative estimate of drug-likeness (QED) is 0.476. The number of nitro groups is 1. The lowest BCUT2D eigenvalue weighted by Gasteiger charge is -2.09. The molecule has 24 heavy (non-hydrogen) atoms. The zero-order valence-electron chi connectivity index (χ0n) is 12.0. The van der Waals surface area contributed by atoms with Gasteiger partial charge >= 0.3 is 12.8 Å². The molecule has 2 aromatic carbocycles. The minimum Gasteiger partial charge on any atom is -0.423 e. The van der Waals surface area contributed by atoms with Crippen LogP contribution in [0.2, 0.25) is 0 Å². The Bertz CT molecular complexity index is 936. The highest BCUT2D eigenvalue weighted by molar-refractivity contribution is 7.92. The highest BCUT2D eigenvalue weighted by Crippen LogP contribution is 2.23. The molecule has 0 fully saturated rings. The Balaban J connectivity index is 1.91. The van der Waals surface area contributed by atoms with Gasteiger partial charge in [-0.05, 0) is 29.2 Å². The smallest absolute Gasteiger partial charge is 0.423 e. The lowest BCUT2D eigenvalue weighted by atomic mass is 9.79. The van der Waals surface area contributed by atoms with Gasteiger partial charge in [-0.2, -0.15) is 4.39 Å². The Kier molecular flexibility index (Phi) is 3.99. The van der Waals surface area contributed by atoms with Crippen molar-refractivity contribution in [2.75, 3.05) is 4.72 Å². The summed E-state index contributed by atoms with van der Waals surface area (Å²) < 4.78 is 45.4. The maximum atomic E-state index is 13.6. The number of rotatable bonds is 4. The molecule has 3 rings (SSSR count). The molecule has 0 aromatic heterocycles. The Labute approximate surface area is 136 Å². The molecule has 0 aliphatic carbocycles. The van der Waals surface area contributed by atoms with E-state index in [-0.39, 0.29) is 12.3 Å².